The standard InChI is InChI=1S/C22H22ClN5OS2/c1-12-13(2)31-21-18(12)20(29)24-17(25-21)11-30-22-27-26-19(15-9-5-6-10-16(15)23)28(22)14-7-3-4-8-14/h5-6,9-10,14H,3-4,7-8,11H2,1-2H3,(H,24,25,29). The van der Waals surface area contributed by atoms with E-state index in [0.29, 0.717) is 28.0 Å². The average Bonchev–Trinajstić information content (AvgIpc) is 3.47. The smallest absolute Gasteiger partial charge is 0.259 e. The average molecular weight is 472 g/mol. The third-order valence-corrected chi connectivity index (χ3v) is 8.28. The van der Waals surface area contributed by atoms with Gasteiger partial charge in [-0.25, -0.2) is 4.98 Å². The predicted molar refractivity (Wildman–Crippen MR) is 127 cm³/mol. The van der Waals surface area contributed by atoms with Crippen molar-refractivity contribution in [2.75, 3.05) is 0 Å². The maximum absolute atomic E-state index is 12.6. The Kier molecular flexibility index (Phi) is 5.62. The van der Waals surface area contributed by atoms with Crippen molar-refractivity contribution < 1.29 is 0 Å². The molecular formula is C22H22ClN5OS2. The molecule has 3 aromatic heterocycles. The number of thiophene rings is 1. The second kappa shape index (κ2) is 8.41. The lowest BCUT2D eigenvalue weighted by molar-refractivity contribution is 0.485. The minimum Gasteiger partial charge on any atom is -0.309 e. The highest BCUT2D eigenvalue weighted by molar-refractivity contribution is 7.98. The lowest BCUT2D eigenvalue weighted by Gasteiger charge is -2.17. The number of H-pyrrole nitrogens is 1. The van der Waals surface area contributed by atoms with E-state index in [-0.39, 0.29) is 5.56 Å². The lowest BCUT2D eigenvalue weighted by Crippen LogP contribution is -2.12. The highest BCUT2D eigenvalue weighted by Gasteiger charge is 2.26. The van der Waals surface area contributed by atoms with Crippen LogP contribution in [0.5, 0.6) is 0 Å². The second-order valence-corrected chi connectivity index (χ2v) is 10.4. The van der Waals surface area contributed by atoms with Crippen LogP contribution in [0.15, 0.2) is 34.2 Å². The molecule has 0 saturated heterocycles. The summed E-state index contributed by atoms with van der Waals surface area (Å²) >= 11 is 9.59. The van der Waals surface area contributed by atoms with E-state index in [1.807, 2.05) is 38.1 Å². The number of aromatic nitrogens is 5. The van der Waals surface area contributed by atoms with Gasteiger partial charge in [-0.1, -0.05) is 48.3 Å². The molecule has 1 aliphatic carbocycles. The number of thioether (sulfide) groups is 1. The molecule has 1 aromatic carbocycles. The van der Waals surface area contributed by atoms with E-state index in [1.165, 1.54) is 12.8 Å². The molecule has 0 unspecified atom stereocenters. The van der Waals surface area contributed by atoms with Gasteiger partial charge in [0.1, 0.15) is 10.7 Å². The van der Waals surface area contributed by atoms with E-state index in [4.69, 9.17) is 16.6 Å². The van der Waals surface area contributed by atoms with Gasteiger partial charge in [-0.15, -0.1) is 21.5 Å². The number of nitrogens with one attached hydrogen (secondary N) is 1. The SMILES string of the molecule is Cc1sc2nc(CSc3nnc(-c4ccccc4Cl)n3C3CCCC3)[nH]c(=O)c2c1C. The zero-order valence-electron chi connectivity index (χ0n) is 17.3. The Morgan fingerprint density at radius 2 is 2.00 bits per heavy atom. The summed E-state index contributed by atoms with van der Waals surface area (Å²) in [5, 5.41) is 11.2. The molecule has 0 bridgehead atoms. The van der Waals surface area contributed by atoms with Crippen LogP contribution in [0.4, 0.5) is 0 Å². The first-order valence-electron chi connectivity index (χ1n) is 10.3. The van der Waals surface area contributed by atoms with E-state index in [9.17, 15) is 4.79 Å². The van der Waals surface area contributed by atoms with Crippen LogP contribution >= 0.6 is 34.7 Å². The van der Waals surface area contributed by atoms with Crippen molar-refractivity contribution in [3.63, 3.8) is 0 Å². The molecule has 0 aliphatic heterocycles. The molecule has 0 radical (unpaired) electrons. The first kappa shape index (κ1) is 20.7. The van der Waals surface area contributed by atoms with Crippen molar-refractivity contribution in [2.24, 2.45) is 0 Å². The lowest BCUT2D eigenvalue weighted by atomic mass is 10.2. The van der Waals surface area contributed by atoms with Gasteiger partial charge in [0.25, 0.3) is 5.56 Å². The quantitative estimate of drug-likeness (QED) is 0.365. The summed E-state index contributed by atoms with van der Waals surface area (Å²) < 4.78 is 2.23. The molecule has 9 heteroatoms. The molecule has 4 aromatic rings. The number of fused-ring (bicyclic) bond motifs is 1. The molecule has 5 rings (SSSR count). The van der Waals surface area contributed by atoms with Crippen LogP contribution in [0.25, 0.3) is 21.6 Å². The molecule has 0 spiro atoms. The number of rotatable bonds is 5. The van der Waals surface area contributed by atoms with Crippen molar-refractivity contribution in [3.05, 3.63) is 55.9 Å². The summed E-state index contributed by atoms with van der Waals surface area (Å²) in [6.07, 6.45) is 4.63. The molecule has 31 heavy (non-hydrogen) atoms. The van der Waals surface area contributed by atoms with Crippen LogP contribution in [-0.4, -0.2) is 24.7 Å². The van der Waals surface area contributed by atoms with Gasteiger partial charge in [0.15, 0.2) is 11.0 Å². The normalized spacial score (nSPS) is 14.7. The number of hydrogen-bond acceptors (Lipinski definition) is 6. The maximum Gasteiger partial charge on any atom is 0.259 e. The molecular weight excluding hydrogens is 450 g/mol. The van der Waals surface area contributed by atoms with Gasteiger partial charge in [0.2, 0.25) is 0 Å². The first-order chi connectivity index (χ1) is 15.0. The fourth-order valence-corrected chi connectivity index (χ4v) is 6.34. The summed E-state index contributed by atoms with van der Waals surface area (Å²) in [6.45, 7) is 4.00. The summed E-state index contributed by atoms with van der Waals surface area (Å²) in [5.74, 6) is 1.99. The number of aromatic amines is 1. The largest absolute Gasteiger partial charge is 0.309 e. The highest BCUT2D eigenvalue weighted by Crippen LogP contribution is 2.38. The Labute approximate surface area is 193 Å². The topological polar surface area (TPSA) is 76.5 Å². The van der Waals surface area contributed by atoms with Gasteiger partial charge in [-0.2, -0.15) is 0 Å². The van der Waals surface area contributed by atoms with Gasteiger partial charge < -0.3 is 4.98 Å². The summed E-state index contributed by atoms with van der Waals surface area (Å²) in [6, 6.07) is 8.12. The van der Waals surface area contributed by atoms with E-state index < -0.39 is 0 Å². The number of hydrogen-bond donors (Lipinski definition) is 1. The minimum absolute atomic E-state index is 0.0727. The summed E-state index contributed by atoms with van der Waals surface area (Å²) in [4.78, 5) is 22.2. The minimum atomic E-state index is -0.0727. The van der Waals surface area contributed by atoms with E-state index in [2.05, 4.69) is 19.7 Å². The molecule has 1 fully saturated rings. The van der Waals surface area contributed by atoms with E-state index >= 15 is 0 Å². The Bertz CT molecular complexity index is 1320. The van der Waals surface area contributed by atoms with Crippen LogP contribution in [0.2, 0.25) is 5.02 Å². The molecule has 1 N–H and O–H groups in total. The number of aryl methyl sites for hydroxylation is 2. The molecule has 0 amide bonds. The third-order valence-electron chi connectivity index (χ3n) is 5.90. The fraction of sp³-hybridized carbons (Fsp3) is 0.364. The van der Waals surface area contributed by atoms with Crippen LogP contribution in [0.1, 0.15) is 48.0 Å². The van der Waals surface area contributed by atoms with Crippen LogP contribution in [0, 0.1) is 13.8 Å². The van der Waals surface area contributed by atoms with Gasteiger partial charge in [-0.3, -0.25) is 9.36 Å². The first-order valence-corrected chi connectivity index (χ1v) is 12.5. The van der Waals surface area contributed by atoms with E-state index in [0.717, 1.165) is 44.7 Å². The number of halogens is 1. The zero-order chi connectivity index (χ0) is 21.5. The van der Waals surface area contributed by atoms with Gasteiger partial charge in [-0.05, 0) is 44.4 Å². The Balaban J connectivity index is 1.49. The zero-order valence-corrected chi connectivity index (χ0v) is 19.7. The molecule has 6 nitrogen and oxygen atoms in total. The van der Waals surface area contributed by atoms with Crippen LogP contribution < -0.4 is 5.56 Å². The van der Waals surface area contributed by atoms with Crippen molar-refractivity contribution in [3.8, 4) is 11.4 Å². The third kappa shape index (κ3) is 3.81. The molecule has 160 valence electrons. The highest BCUT2D eigenvalue weighted by atomic mass is 35.5. The second-order valence-electron chi connectivity index (χ2n) is 7.86. The number of nitrogens with zero attached hydrogens (tertiary/aromatic N) is 4. The summed E-state index contributed by atoms with van der Waals surface area (Å²) in [7, 11) is 0. The molecule has 3 heterocycles. The Hall–Kier alpha value is -2.16. The van der Waals surface area contributed by atoms with Crippen LogP contribution in [-0.2, 0) is 5.75 Å². The monoisotopic (exact) mass is 471 g/mol. The number of benzene rings is 1. The Morgan fingerprint density at radius 3 is 2.77 bits per heavy atom. The van der Waals surface area contributed by atoms with Crippen molar-refractivity contribution in [1.82, 2.24) is 24.7 Å². The van der Waals surface area contributed by atoms with E-state index in [1.54, 1.807) is 23.1 Å². The maximum atomic E-state index is 12.6. The van der Waals surface area contributed by atoms with Crippen molar-refractivity contribution in [2.45, 2.75) is 56.5 Å². The van der Waals surface area contributed by atoms with Gasteiger partial charge >= 0.3 is 0 Å². The summed E-state index contributed by atoms with van der Waals surface area (Å²) in [5.41, 5.74) is 1.84. The Morgan fingerprint density at radius 1 is 1.23 bits per heavy atom. The molecule has 0 atom stereocenters. The van der Waals surface area contributed by atoms with Crippen LogP contribution in [0.3, 0.4) is 0 Å². The fourth-order valence-electron chi connectivity index (χ4n) is 4.19. The molecule has 1 aliphatic rings. The molecule has 1 saturated carbocycles. The van der Waals surface area contributed by atoms with Gasteiger partial charge in [0.05, 0.1) is 16.2 Å². The van der Waals surface area contributed by atoms with Gasteiger partial charge in [0, 0.05) is 16.5 Å². The van der Waals surface area contributed by atoms with Crippen molar-refractivity contribution >= 4 is 44.9 Å². The predicted octanol–water partition coefficient (Wildman–Crippen LogP) is 5.92. The van der Waals surface area contributed by atoms with Crippen molar-refractivity contribution in [1.29, 1.82) is 0 Å².